The molecule has 0 amide bonds. The first-order valence-electron chi connectivity index (χ1n) is 5.56. The van der Waals surface area contributed by atoms with Crippen molar-refractivity contribution in [3.8, 4) is 0 Å². The van der Waals surface area contributed by atoms with Gasteiger partial charge in [-0.15, -0.1) is 0 Å². The molecule has 1 aliphatic heterocycles. The van der Waals surface area contributed by atoms with Gasteiger partial charge in [-0.25, -0.2) is 4.21 Å². The third kappa shape index (κ3) is 2.73. The molecule has 1 aliphatic rings. The average Bonchev–Trinajstić information content (AvgIpc) is 2.50. The van der Waals surface area contributed by atoms with Crippen LogP contribution in [0.25, 0.3) is 0 Å². The minimum absolute atomic E-state index is 0.0328. The molecule has 5 heteroatoms. The molecule has 1 aromatic carbocycles. The molecule has 2 unspecified atom stereocenters. The Labute approximate surface area is 103 Å². The van der Waals surface area contributed by atoms with Crippen LogP contribution in [0, 0.1) is 5.92 Å². The summed E-state index contributed by atoms with van der Waals surface area (Å²) in [4.78, 5) is 11.8. The number of nitrogens with one attached hydrogen (secondary N) is 1. The van der Waals surface area contributed by atoms with Crippen molar-refractivity contribution in [1.82, 2.24) is 0 Å². The Balaban J connectivity index is 2.25. The lowest BCUT2D eigenvalue weighted by Gasteiger charge is -2.10. The number of Topliss-reactive ketones (excluding diaryl/α,β-unsaturated/α-hetero) is 1. The summed E-state index contributed by atoms with van der Waals surface area (Å²) >= 11 is -1.94. The van der Waals surface area contributed by atoms with E-state index in [-0.39, 0.29) is 11.7 Å². The Morgan fingerprint density at radius 2 is 2.29 bits per heavy atom. The molecule has 2 rings (SSSR count). The maximum absolute atomic E-state index is 11.3. The van der Waals surface area contributed by atoms with Crippen LogP contribution in [0.5, 0.6) is 0 Å². The maximum atomic E-state index is 11.3. The van der Waals surface area contributed by atoms with E-state index in [9.17, 15) is 9.00 Å². The summed E-state index contributed by atoms with van der Waals surface area (Å²) in [5.74, 6) is 0.224. The van der Waals surface area contributed by atoms with Crippen molar-refractivity contribution in [2.45, 2.75) is 24.7 Å². The van der Waals surface area contributed by atoms with Crippen LogP contribution in [0.3, 0.4) is 0 Å². The highest BCUT2D eigenvalue weighted by Crippen LogP contribution is 2.26. The lowest BCUT2D eigenvalue weighted by molar-refractivity contribution is -0.120. The fraction of sp³-hybridized carbons (Fsp3) is 0.417. The summed E-state index contributed by atoms with van der Waals surface area (Å²) in [6, 6.07) is 5.18. The number of rotatable bonds is 2. The molecule has 17 heavy (non-hydrogen) atoms. The Kier molecular flexibility index (Phi) is 3.59. The summed E-state index contributed by atoms with van der Waals surface area (Å²) < 4.78 is 20.0. The van der Waals surface area contributed by atoms with Gasteiger partial charge in [0.25, 0.3) is 0 Å². The van der Waals surface area contributed by atoms with Gasteiger partial charge >= 0.3 is 0 Å². The molecule has 0 radical (unpaired) electrons. The van der Waals surface area contributed by atoms with Gasteiger partial charge in [-0.05, 0) is 43.5 Å². The van der Waals surface area contributed by atoms with Crippen LogP contribution in [-0.4, -0.2) is 21.1 Å². The van der Waals surface area contributed by atoms with Crippen LogP contribution in [0.4, 0.5) is 5.69 Å². The van der Waals surface area contributed by atoms with Crippen LogP contribution >= 0.6 is 0 Å². The van der Waals surface area contributed by atoms with Gasteiger partial charge in [-0.2, -0.15) is 0 Å². The Morgan fingerprint density at radius 3 is 2.94 bits per heavy atom. The number of benzene rings is 1. The standard InChI is InChI=1S/C12H15NO3S/c1-8(14)10-3-2-9-6-11(17(15)16)4-5-12(9)13-7-10/h4-6,10,13H,2-3,7H2,1H3,(H,15,16). The number of aryl methyl sites for hydroxylation is 1. The van der Waals surface area contributed by atoms with Crippen LogP contribution in [-0.2, 0) is 22.3 Å². The van der Waals surface area contributed by atoms with E-state index in [1.54, 1.807) is 25.1 Å². The van der Waals surface area contributed by atoms with Gasteiger partial charge < -0.3 is 9.87 Å². The molecule has 1 heterocycles. The number of carbonyl (C=O) groups excluding carboxylic acids is 1. The number of ketones is 1. The van der Waals surface area contributed by atoms with Crippen LogP contribution in [0.1, 0.15) is 18.9 Å². The predicted octanol–water partition coefficient (Wildman–Crippen LogP) is 1.83. The number of fused-ring (bicyclic) bond motifs is 1. The fourth-order valence-corrected chi connectivity index (χ4v) is 2.50. The fourth-order valence-electron chi connectivity index (χ4n) is 2.07. The molecule has 2 N–H and O–H groups in total. The van der Waals surface area contributed by atoms with Crippen molar-refractivity contribution < 1.29 is 13.6 Å². The van der Waals surface area contributed by atoms with Crippen molar-refractivity contribution in [3.05, 3.63) is 23.8 Å². The van der Waals surface area contributed by atoms with E-state index in [0.717, 1.165) is 24.1 Å². The van der Waals surface area contributed by atoms with Crippen LogP contribution in [0.2, 0.25) is 0 Å². The van der Waals surface area contributed by atoms with E-state index in [0.29, 0.717) is 11.4 Å². The maximum Gasteiger partial charge on any atom is 0.186 e. The number of hydrogen-bond donors (Lipinski definition) is 2. The lowest BCUT2D eigenvalue weighted by atomic mass is 9.98. The summed E-state index contributed by atoms with van der Waals surface area (Å²) in [5.41, 5.74) is 1.97. The first kappa shape index (κ1) is 12.3. The van der Waals surface area contributed by atoms with Crippen molar-refractivity contribution in [1.29, 1.82) is 0 Å². The Bertz CT molecular complexity index is 473. The molecule has 0 saturated heterocycles. The van der Waals surface area contributed by atoms with E-state index >= 15 is 0 Å². The van der Waals surface area contributed by atoms with E-state index < -0.39 is 11.1 Å². The van der Waals surface area contributed by atoms with Gasteiger partial charge in [-0.3, -0.25) is 4.79 Å². The molecule has 0 saturated carbocycles. The predicted molar refractivity (Wildman–Crippen MR) is 66.5 cm³/mol. The van der Waals surface area contributed by atoms with Crippen molar-refractivity contribution in [3.63, 3.8) is 0 Å². The zero-order chi connectivity index (χ0) is 12.4. The van der Waals surface area contributed by atoms with Crippen molar-refractivity contribution in [2.75, 3.05) is 11.9 Å². The zero-order valence-corrected chi connectivity index (χ0v) is 10.4. The van der Waals surface area contributed by atoms with Gasteiger partial charge in [-0.1, -0.05) is 0 Å². The summed E-state index contributed by atoms with van der Waals surface area (Å²) in [6.07, 6.45) is 1.55. The summed E-state index contributed by atoms with van der Waals surface area (Å²) in [6.45, 7) is 2.25. The third-order valence-electron chi connectivity index (χ3n) is 3.15. The van der Waals surface area contributed by atoms with Crippen LogP contribution in [0.15, 0.2) is 23.1 Å². The molecule has 0 fully saturated rings. The molecular formula is C12H15NO3S. The topological polar surface area (TPSA) is 66.4 Å². The Hall–Kier alpha value is -1.20. The minimum Gasteiger partial charge on any atom is -0.384 e. The molecule has 0 bridgehead atoms. The number of hydrogen-bond acceptors (Lipinski definition) is 3. The van der Waals surface area contributed by atoms with Gasteiger partial charge in [0.1, 0.15) is 5.78 Å². The average molecular weight is 253 g/mol. The highest BCUT2D eigenvalue weighted by Gasteiger charge is 2.19. The van der Waals surface area contributed by atoms with Gasteiger partial charge in [0.15, 0.2) is 11.1 Å². The van der Waals surface area contributed by atoms with Gasteiger partial charge in [0, 0.05) is 18.2 Å². The lowest BCUT2D eigenvalue weighted by Crippen LogP contribution is -2.19. The second-order valence-corrected chi connectivity index (χ2v) is 5.26. The minimum atomic E-state index is -1.94. The number of anilines is 1. The highest BCUT2D eigenvalue weighted by molar-refractivity contribution is 7.79. The normalized spacial score (nSPS) is 20.9. The Morgan fingerprint density at radius 1 is 1.53 bits per heavy atom. The second-order valence-electron chi connectivity index (χ2n) is 4.30. The quantitative estimate of drug-likeness (QED) is 0.789. The zero-order valence-electron chi connectivity index (χ0n) is 9.60. The van der Waals surface area contributed by atoms with Crippen LogP contribution < -0.4 is 5.32 Å². The van der Waals surface area contributed by atoms with Gasteiger partial charge in [0.05, 0.1) is 4.90 Å². The molecule has 0 spiro atoms. The smallest absolute Gasteiger partial charge is 0.186 e. The summed E-state index contributed by atoms with van der Waals surface area (Å²) in [7, 11) is 0. The molecule has 4 nitrogen and oxygen atoms in total. The number of carbonyl (C=O) groups is 1. The van der Waals surface area contributed by atoms with E-state index in [1.807, 2.05) is 0 Å². The first-order valence-corrected chi connectivity index (χ1v) is 6.66. The monoisotopic (exact) mass is 253 g/mol. The summed E-state index contributed by atoms with van der Waals surface area (Å²) in [5, 5.41) is 3.22. The molecule has 1 aromatic rings. The third-order valence-corrected chi connectivity index (χ3v) is 3.81. The van der Waals surface area contributed by atoms with E-state index in [2.05, 4.69) is 5.32 Å². The van der Waals surface area contributed by atoms with E-state index in [4.69, 9.17) is 4.55 Å². The highest BCUT2D eigenvalue weighted by atomic mass is 32.2. The largest absolute Gasteiger partial charge is 0.384 e. The molecule has 92 valence electrons. The van der Waals surface area contributed by atoms with Gasteiger partial charge in [0.2, 0.25) is 0 Å². The molecular weight excluding hydrogens is 238 g/mol. The van der Waals surface area contributed by atoms with E-state index in [1.165, 1.54) is 0 Å². The first-order chi connectivity index (χ1) is 8.08. The molecule has 0 aliphatic carbocycles. The van der Waals surface area contributed by atoms with Crippen molar-refractivity contribution >= 4 is 22.6 Å². The SMILES string of the molecule is CC(=O)C1CCc2cc(S(=O)O)ccc2NC1. The molecule has 0 aromatic heterocycles. The molecule has 2 atom stereocenters. The second kappa shape index (κ2) is 4.98. The van der Waals surface area contributed by atoms with Crippen molar-refractivity contribution in [2.24, 2.45) is 5.92 Å².